The van der Waals surface area contributed by atoms with Crippen molar-refractivity contribution in [3.63, 3.8) is 0 Å². The van der Waals surface area contributed by atoms with Crippen LogP contribution in [0.3, 0.4) is 0 Å². The highest BCUT2D eigenvalue weighted by atomic mass is 32.2. The van der Waals surface area contributed by atoms with Crippen LogP contribution in [0, 0.1) is 13.8 Å². The van der Waals surface area contributed by atoms with Gasteiger partial charge in [0.05, 0.1) is 10.1 Å². The van der Waals surface area contributed by atoms with Crippen LogP contribution < -0.4 is 5.32 Å². The first kappa shape index (κ1) is 19.9. The second-order valence-corrected chi connectivity index (χ2v) is 10.5. The zero-order chi connectivity index (χ0) is 18.8. The molecule has 0 aliphatic carbocycles. The highest BCUT2D eigenvalue weighted by Crippen LogP contribution is 2.26. The monoisotopic (exact) mass is 388 g/mol. The SMILES string of the molecule is CNC(=O)CS(=O)(=O)C1CCN(S(=O)(=O)c2ccc(C)cc2C)CC1. The number of rotatable bonds is 5. The lowest BCUT2D eigenvalue weighted by Gasteiger charge is -2.31. The summed E-state index contributed by atoms with van der Waals surface area (Å²) >= 11 is 0. The van der Waals surface area contributed by atoms with Gasteiger partial charge in [0.15, 0.2) is 9.84 Å². The van der Waals surface area contributed by atoms with Gasteiger partial charge in [-0.2, -0.15) is 4.31 Å². The Morgan fingerprint density at radius 1 is 1.16 bits per heavy atom. The standard InChI is InChI=1S/C16H24N2O5S2/c1-12-4-5-15(13(2)10-12)25(22,23)18-8-6-14(7-9-18)24(20,21)11-16(19)17-3/h4-5,10,14H,6-9,11H2,1-3H3,(H,17,19). The topological polar surface area (TPSA) is 101 Å². The van der Waals surface area contributed by atoms with Crippen molar-refractivity contribution in [2.75, 3.05) is 25.9 Å². The van der Waals surface area contributed by atoms with Gasteiger partial charge in [0.25, 0.3) is 0 Å². The predicted molar refractivity (Wildman–Crippen MR) is 95.6 cm³/mol. The van der Waals surface area contributed by atoms with E-state index in [1.165, 1.54) is 11.4 Å². The van der Waals surface area contributed by atoms with Crippen molar-refractivity contribution in [1.29, 1.82) is 0 Å². The van der Waals surface area contributed by atoms with Crippen LogP contribution in [0.25, 0.3) is 0 Å². The second kappa shape index (κ2) is 7.43. The number of sulfonamides is 1. The van der Waals surface area contributed by atoms with E-state index in [-0.39, 0.29) is 30.8 Å². The lowest BCUT2D eigenvalue weighted by atomic mass is 10.2. The van der Waals surface area contributed by atoms with E-state index in [1.807, 2.05) is 13.0 Å². The van der Waals surface area contributed by atoms with E-state index in [9.17, 15) is 21.6 Å². The van der Waals surface area contributed by atoms with Crippen LogP contribution in [0.15, 0.2) is 23.1 Å². The molecule has 0 unspecified atom stereocenters. The Morgan fingerprint density at radius 2 is 1.76 bits per heavy atom. The van der Waals surface area contributed by atoms with Crippen molar-refractivity contribution < 1.29 is 21.6 Å². The summed E-state index contributed by atoms with van der Waals surface area (Å²) in [5.74, 6) is -1.11. The Kier molecular flexibility index (Phi) is 5.90. The fourth-order valence-electron chi connectivity index (χ4n) is 3.03. The minimum atomic E-state index is -3.65. The van der Waals surface area contributed by atoms with Crippen LogP contribution in [-0.4, -0.2) is 58.2 Å². The van der Waals surface area contributed by atoms with Gasteiger partial charge in [0.2, 0.25) is 15.9 Å². The molecule has 1 aliphatic heterocycles. The molecule has 1 amide bonds. The molecule has 0 saturated carbocycles. The van der Waals surface area contributed by atoms with E-state index in [4.69, 9.17) is 0 Å². The molecule has 0 radical (unpaired) electrons. The van der Waals surface area contributed by atoms with Crippen molar-refractivity contribution in [2.45, 2.75) is 36.8 Å². The molecule has 0 bridgehead atoms. The molecule has 0 atom stereocenters. The molecule has 1 aromatic carbocycles. The molecule has 1 heterocycles. The van der Waals surface area contributed by atoms with Crippen LogP contribution in [0.1, 0.15) is 24.0 Å². The largest absolute Gasteiger partial charge is 0.358 e. The van der Waals surface area contributed by atoms with Crippen LogP contribution >= 0.6 is 0 Å². The molecule has 1 aliphatic rings. The Bertz CT molecular complexity index is 855. The number of amides is 1. The van der Waals surface area contributed by atoms with Gasteiger partial charge in [-0.05, 0) is 38.3 Å². The van der Waals surface area contributed by atoms with E-state index >= 15 is 0 Å². The number of benzene rings is 1. The quantitative estimate of drug-likeness (QED) is 0.797. The Hall–Kier alpha value is -1.45. The Morgan fingerprint density at radius 3 is 2.28 bits per heavy atom. The molecule has 9 heteroatoms. The highest BCUT2D eigenvalue weighted by Gasteiger charge is 2.36. The summed E-state index contributed by atoms with van der Waals surface area (Å²) in [5, 5.41) is 1.62. The van der Waals surface area contributed by atoms with E-state index in [0.717, 1.165) is 5.56 Å². The highest BCUT2D eigenvalue weighted by molar-refractivity contribution is 7.92. The van der Waals surface area contributed by atoms with Crippen molar-refractivity contribution in [3.8, 4) is 0 Å². The number of hydrogen-bond donors (Lipinski definition) is 1. The summed E-state index contributed by atoms with van der Waals surface area (Å²) in [6.07, 6.45) is 0.396. The number of nitrogens with one attached hydrogen (secondary N) is 1. The van der Waals surface area contributed by atoms with Gasteiger partial charge < -0.3 is 5.32 Å². The Labute approximate surface area is 149 Å². The number of aryl methyl sites for hydroxylation is 2. The van der Waals surface area contributed by atoms with E-state index < -0.39 is 36.8 Å². The second-order valence-electron chi connectivity index (χ2n) is 6.35. The zero-order valence-electron chi connectivity index (χ0n) is 14.6. The lowest BCUT2D eigenvalue weighted by Crippen LogP contribution is -2.44. The fourth-order valence-corrected chi connectivity index (χ4v) is 6.38. The van der Waals surface area contributed by atoms with E-state index in [1.54, 1.807) is 19.1 Å². The molecule has 25 heavy (non-hydrogen) atoms. The Balaban J connectivity index is 2.12. The molecule has 1 fully saturated rings. The summed E-state index contributed by atoms with van der Waals surface area (Å²) in [4.78, 5) is 11.6. The third kappa shape index (κ3) is 4.39. The summed E-state index contributed by atoms with van der Waals surface area (Å²) < 4.78 is 51.4. The van der Waals surface area contributed by atoms with Crippen molar-refractivity contribution >= 4 is 25.8 Å². The van der Waals surface area contributed by atoms with Gasteiger partial charge in [-0.15, -0.1) is 0 Å². The summed E-state index contributed by atoms with van der Waals surface area (Å²) in [5.41, 5.74) is 1.66. The van der Waals surface area contributed by atoms with Crippen LogP contribution in [0.5, 0.6) is 0 Å². The fraction of sp³-hybridized carbons (Fsp3) is 0.562. The maximum atomic E-state index is 12.8. The van der Waals surface area contributed by atoms with E-state index in [0.29, 0.717) is 5.56 Å². The smallest absolute Gasteiger partial charge is 0.243 e. The first-order chi connectivity index (χ1) is 11.6. The van der Waals surface area contributed by atoms with Crippen molar-refractivity contribution in [1.82, 2.24) is 9.62 Å². The third-order valence-corrected chi connectivity index (χ3v) is 8.68. The summed E-state index contributed by atoms with van der Waals surface area (Å²) in [7, 11) is -5.84. The first-order valence-corrected chi connectivity index (χ1v) is 11.2. The first-order valence-electron chi connectivity index (χ1n) is 8.07. The normalized spacial score (nSPS) is 17.4. The minimum absolute atomic E-state index is 0.132. The van der Waals surface area contributed by atoms with Gasteiger partial charge in [0.1, 0.15) is 5.75 Å². The van der Waals surface area contributed by atoms with E-state index in [2.05, 4.69) is 5.32 Å². The summed E-state index contributed by atoms with van der Waals surface area (Å²) in [6, 6.07) is 5.16. The number of carbonyl (C=O) groups excluding carboxylic acids is 1. The maximum absolute atomic E-state index is 12.8. The van der Waals surface area contributed by atoms with Crippen LogP contribution in [0.4, 0.5) is 0 Å². The average Bonchev–Trinajstić information content (AvgIpc) is 2.54. The zero-order valence-corrected chi connectivity index (χ0v) is 16.3. The average molecular weight is 389 g/mol. The number of sulfone groups is 1. The molecule has 1 aromatic rings. The van der Waals surface area contributed by atoms with Crippen LogP contribution in [0.2, 0.25) is 0 Å². The van der Waals surface area contributed by atoms with Crippen molar-refractivity contribution in [3.05, 3.63) is 29.3 Å². The molecule has 140 valence electrons. The van der Waals surface area contributed by atoms with Gasteiger partial charge in [-0.25, -0.2) is 16.8 Å². The number of carbonyl (C=O) groups is 1. The van der Waals surface area contributed by atoms with Crippen molar-refractivity contribution in [2.24, 2.45) is 0 Å². The molecule has 2 rings (SSSR count). The molecule has 0 aromatic heterocycles. The molecular formula is C16H24N2O5S2. The number of nitrogens with zero attached hydrogens (tertiary/aromatic N) is 1. The number of piperidine rings is 1. The molecule has 7 nitrogen and oxygen atoms in total. The summed E-state index contributed by atoms with van der Waals surface area (Å²) in [6.45, 7) is 3.91. The molecule has 0 spiro atoms. The van der Waals surface area contributed by atoms with Gasteiger partial charge in [-0.1, -0.05) is 17.7 Å². The van der Waals surface area contributed by atoms with Gasteiger partial charge in [0, 0.05) is 20.1 Å². The molecular weight excluding hydrogens is 364 g/mol. The molecule has 1 N–H and O–H groups in total. The van der Waals surface area contributed by atoms with Gasteiger partial charge >= 0.3 is 0 Å². The van der Waals surface area contributed by atoms with Crippen LogP contribution in [-0.2, 0) is 24.7 Å². The third-order valence-electron chi connectivity index (χ3n) is 4.47. The maximum Gasteiger partial charge on any atom is 0.243 e. The molecule has 1 saturated heterocycles. The minimum Gasteiger partial charge on any atom is -0.358 e. The lowest BCUT2D eigenvalue weighted by molar-refractivity contribution is -0.118. The van der Waals surface area contributed by atoms with Gasteiger partial charge in [-0.3, -0.25) is 4.79 Å². The predicted octanol–water partition coefficient (Wildman–Crippen LogP) is 0.617. The number of hydrogen-bond acceptors (Lipinski definition) is 5.